The zero-order valence-corrected chi connectivity index (χ0v) is 17.5. The van der Waals surface area contributed by atoms with Crippen LogP contribution in [0.15, 0.2) is 39.7 Å². The molecule has 0 saturated carbocycles. The first-order chi connectivity index (χ1) is 13.8. The Morgan fingerprint density at radius 2 is 2.03 bits per heavy atom. The predicted octanol–water partition coefficient (Wildman–Crippen LogP) is 4.60. The van der Waals surface area contributed by atoms with Crippen LogP contribution < -0.4 is 4.74 Å². The maximum absolute atomic E-state index is 12.5. The molecular formula is C20H18ClNO6S. The summed E-state index contributed by atoms with van der Waals surface area (Å²) in [6, 6.07) is 8.63. The Morgan fingerprint density at radius 3 is 2.69 bits per heavy atom. The monoisotopic (exact) mass is 435 g/mol. The molecule has 0 spiro atoms. The van der Waals surface area contributed by atoms with E-state index in [-0.39, 0.29) is 11.0 Å². The Bertz CT molecular complexity index is 997. The summed E-state index contributed by atoms with van der Waals surface area (Å²) in [5, 5.41) is -0.0898. The molecule has 152 valence electrons. The quantitative estimate of drug-likeness (QED) is 0.484. The van der Waals surface area contributed by atoms with Gasteiger partial charge in [-0.1, -0.05) is 11.6 Å². The highest BCUT2D eigenvalue weighted by Gasteiger charge is 2.37. The molecule has 0 unspecified atom stereocenters. The molecule has 29 heavy (non-hydrogen) atoms. The zero-order valence-electron chi connectivity index (χ0n) is 15.9. The average Bonchev–Trinajstić information content (AvgIpc) is 3.22. The average molecular weight is 436 g/mol. The minimum absolute atomic E-state index is 0.168. The minimum Gasteiger partial charge on any atom is -0.495 e. The van der Waals surface area contributed by atoms with Gasteiger partial charge in [0.1, 0.15) is 23.8 Å². The lowest BCUT2D eigenvalue weighted by molar-refractivity contribution is -0.149. The first-order valence-corrected chi connectivity index (χ1v) is 9.86. The smallest absolute Gasteiger partial charge is 0.326 e. The maximum atomic E-state index is 12.5. The highest BCUT2D eigenvalue weighted by Crippen LogP contribution is 2.34. The lowest BCUT2D eigenvalue weighted by Gasteiger charge is -2.13. The Hall–Kier alpha value is -2.71. The van der Waals surface area contributed by atoms with Crippen molar-refractivity contribution in [2.24, 2.45) is 0 Å². The van der Waals surface area contributed by atoms with Gasteiger partial charge in [-0.3, -0.25) is 19.3 Å². The van der Waals surface area contributed by atoms with Crippen molar-refractivity contribution in [3.63, 3.8) is 0 Å². The van der Waals surface area contributed by atoms with E-state index in [0.29, 0.717) is 22.3 Å². The topological polar surface area (TPSA) is 86.0 Å². The van der Waals surface area contributed by atoms with Gasteiger partial charge in [-0.05, 0) is 55.9 Å². The number of ether oxygens (including phenoxy) is 2. The number of carbonyl (C=O) groups excluding carboxylic acids is 3. The molecule has 0 N–H and O–H groups in total. The lowest BCUT2D eigenvalue weighted by Crippen LogP contribution is -2.35. The van der Waals surface area contributed by atoms with Gasteiger partial charge in [0.05, 0.1) is 23.1 Å². The molecule has 0 aliphatic carbocycles. The Labute approximate surface area is 176 Å². The standard InChI is InChI=1S/C20H18ClNO6S/c1-11(2)27-18(23)10-22-19(24)17(29-20(22)25)9-13-5-7-15(28-13)12-4-6-16(26-3)14(21)8-12/h4-9,11H,10H2,1-3H3/b17-9-. The molecule has 7 nitrogen and oxygen atoms in total. The molecule has 0 atom stereocenters. The molecule has 1 aromatic heterocycles. The number of rotatable bonds is 6. The van der Waals surface area contributed by atoms with Gasteiger partial charge in [-0.2, -0.15) is 0 Å². The predicted molar refractivity (Wildman–Crippen MR) is 110 cm³/mol. The molecule has 2 amide bonds. The number of furan rings is 1. The van der Waals surface area contributed by atoms with E-state index < -0.39 is 23.7 Å². The van der Waals surface area contributed by atoms with E-state index in [9.17, 15) is 14.4 Å². The van der Waals surface area contributed by atoms with E-state index >= 15 is 0 Å². The van der Waals surface area contributed by atoms with E-state index in [0.717, 1.165) is 22.2 Å². The van der Waals surface area contributed by atoms with Crippen LogP contribution in [0.4, 0.5) is 4.79 Å². The summed E-state index contributed by atoms with van der Waals surface area (Å²) in [6.07, 6.45) is 1.14. The lowest BCUT2D eigenvalue weighted by atomic mass is 10.2. The number of hydrogen-bond acceptors (Lipinski definition) is 7. The molecule has 9 heteroatoms. The molecule has 1 fully saturated rings. The number of benzene rings is 1. The van der Waals surface area contributed by atoms with Crippen LogP contribution in [0.25, 0.3) is 17.4 Å². The summed E-state index contributed by atoms with van der Waals surface area (Å²) in [5.74, 6) is 0.279. The molecule has 3 rings (SSSR count). The van der Waals surface area contributed by atoms with Gasteiger partial charge in [-0.15, -0.1) is 0 Å². The van der Waals surface area contributed by atoms with Crippen LogP contribution >= 0.6 is 23.4 Å². The highest BCUT2D eigenvalue weighted by molar-refractivity contribution is 8.18. The van der Waals surface area contributed by atoms with Crippen molar-refractivity contribution in [3.8, 4) is 17.1 Å². The molecular weight excluding hydrogens is 418 g/mol. The summed E-state index contributed by atoms with van der Waals surface area (Å²) < 4.78 is 15.9. The van der Waals surface area contributed by atoms with Crippen LogP contribution in [0, 0.1) is 0 Å². The summed E-state index contributed by atoms with van der Waals surface area (Å²) in [7, 11) is 1.53. The third kappa shape index (κ3) is 4.83. The molecule has 0 bridgehead atoms. The molecule has 0 radical (unpaired) electrons. The molecule has 2 heterocycles. The summed E-state index contributed by atoms with van der Waals surface area (Å²) in [6.45, 7) is 2.96. The maximum Gasteiger partial charge on any atom is 0.326 e. The number of amides is 2. The Morgan fingerprint density at radius 1 is 1.28 bits per heavy atom. The number of halogens is 1. The first-order valence-electron chi connectivity index (χ1n) is 8.67. The number of methoxy groups -OCH3 is 1. The molecule has 1 aliphatic heterocycles. The zero-order chi connectivity index (χ0) is 21.1. The third-order valence-corrected chi connectivity index (χ3v) is 5.07. The number of imide groups is 1. The van der Waals surface area contributed by atoms with Gasteiger partial charge in [0, 0.05) is 11.6 Å². The van der Waals surface area contributed by atoms with Crippen molar-refractivity contribution in [3.05, 3.63) is 46.0 Å². The summed E-state index contributed by atoms with van der Waals surface area (Å²) in [4.78, 5) is 37.3. The number of carbonyl (C=O) groups is 3. The molecule has 1 aliphatic rings. The van der Waals surface area contributed by atoms with Gasteiger partial charge in [0.25, 0.3) is 11.1 Å². The third-order valence-electron chi connectivity index (χ3n) is 3.86. The number of thioether (sulfide) groups is 1. The SMILES string of the molecule is COc1ccc(-c2ccc(/C=C3\SC(=O)N(CC(=O)OC(C)C)C3=O)o2)cc1Cl. The second-order valence-corrected chi connectivity index (χ2v) is 7.76. The van der Waals surface area contributed by atoms with Crippen LogP contribution in [-0.4, -0.2) is 41.8 Å². The van der Waals surface area contributed by atoms with Gasteiger partial charge < -0.3 is 13.9 Å². The van der Waals surface area contributed by atoms with Crippen LogP contribution in [0.3, 0.4) is 0 Å². The molecule has 2 aromatic rings. The highest BCUT2D eigenvalue weighted by atomic mass is 35.5. The minimum atomic E-state index is -0.639. The number of hydrogen-bond donors (Lipinski definition) is 0. The largest absolute Gasteiger partial charge is 0.495 e. The van der Waals surface area contributed by atoms with Gasteiger partial charge >= 0.3 is 5.97 Å². The van der Waals surface area contributed by atoms with E-state index in [1.165, 1.54) is 13.2 Å². The van der Waals surface area contributed by atoms with Crippen LogP contribution in [0.2, 0.25) is 5.02 Å². The first kappa shape index (κ1) is 21.0. The fourth-order valence-electron chi connectivity index (χ4n) is 2.60. The second kappa shape index (κ2) is 8.75. The van der Waals surface area contributed by atoms with E-state index in [1.807, 2.05) is 0 Å². The van der Waals surface area contributed by atoms with Crippen molar-refractivity contribution < 1.29 is 28.3 Å². The van der Waals surface area contributed by atoms with E-state index in [1.54, 1.807) is 44.2 Å². The van der Waals surface area contributed by atoms with Crippen LogP contribution in [0.5, 0.6) is 5.75 Å². The van der Waals surface area contributed by atoms with Crippen LogP contribution in [0.1, 0.15) is 19.6 Å². The van der Waals surface area contributed by atoms with Crippen molar-refractivity contribution in [2.75, 3.05) is 13.7 Å². The Kier molecular flexibility index (Phi) is 6.34. The second-order valence-electron chi connectivity index (χ2n) is 6.36. The summed E-state index contributed by atoms with van der Waals surface area (Å²) in [5.41, 5.74) is 0.736. The summed E-state index contributed by atoms with van der Waals surface area (Å²) >= 11 is 6.88. The Balaban J connectivity index is 1.76. The van der Waals surface area contributed by atoms with Gasteiger partial charge in [0.2, 0.25) is 0 Å². The van der Waals surface area contributed by atoms with E-state index in [4.69, 9.17) is 25.5 Å². The van der Waals surface area contributed by atoms with Crippen molar-refractivity contribution >= 4 is 46.6 Å². The fraction of sp³-hybridized carbons (Fsp3) is 0.250. The van der Waals surface area contributed by atoms with Crippen molar-refractivity contribution in [1.29, 1.82) is 0 Å². The number of nitrogens with zero attached hydrogens (tertiary/aromatic N) is 1. The van der Waals surface area contributed by atoms with Crippen molar-refractivity contribution in [2.45, 2.75) is 20.0 Å². The van der Waals surface area contributed by atoms with Crippen LogP contribution in [-0.2, 0) is 14.3 Å². The van der Waals surface area contributed by atoms with Gasteiger partial charge in [0.15, 0.2) is 0 Å². The van der Waals surface area contributed by atoms with E-state index in [2.05, 4.69) is 0 Å². The molecule has 1 saturated heterocycles. The van der Waals surface area contributed by atoms with Gasteiger partial charge in [-0.25, -0.2) is 0 Å². The normalized spacial score (nSPS) is 15.5. The molecule has 1 aromatic carbocycles. The van der Waals surface area contributed by atoms with Crippen molar-refractivity contribution in [1.82, 2.24) is 4.90 Å². The number of esters is 1. The fourth-order valence-corrected chi connectivity index (χ4v) is 3.68.